The van der Waals surface area contributed by atoms with Crippen LogP contribution in [0.25, 0.3) is 0 Å². The van der Waals surface area contributed by atoms with Crippen LogP contribution in [-0.2, 0) is 11.3 Å². The molecule has 6 heteroatoms. The van der Waals surface area contributed by atoms with Crippen LogP contribution in [0.4, 0.5) is 0 Å². The van der Waals surface area contributed by atoms with Crippen LogP contribution in [0.15, 0.2) is 42.7 Å². The van der Waals surface area contributed by atoms with Crippen molar-refractivity contribution in [1.82, 2.24) is 9.88 Å². The molecule has 2 aliphatic rings. The average molecular weight is 314 g/mol. The molecule has 2 aromatic rings. The predicted molar refractivity (Wildman–Crippen MR) is 82.6 cm³/mol. The number of ether oxygens (including phenoxy) is 2. The summed E-state index contributed by atoms with van der Waals surface area (Å²) < 4.78 is 10.7. The Morgan fingerprint density at radius 2 is 2.00 bits per heavy atom. The number of aromatic nitrogens is 1. The van der Waals surface area contributed by atoms with E-state index in [1.807, 2.05) is 35.2 Å². The first-order chi connectivity index (χ1) is 10.8. The highest BCUT2D eigenvalue weighted by atomic mass is 32.2. The molecular weight excluding hydrogens is 300 g/mol. The lowest BCUT2D eigenvalue weighted by Gasteiger charge is -2.24. The Kier molecular flexibility index (Phi) is 3.38. The fraction of sp³-hybridized carbons (Fsp3) is 0.250. The Hall–Kier alpha value is -2.21. The number of fused-ring (bicyclic) bond motifs is 1. The Balaban J connectivity index is 1.59. The molecule has 0 N–H and O–H groups in total. The van der Waals surface area contributed by atoms with Gasteiger partial charge in [0.05, 0.1) is 5.75 Å². The van der Waals surface area contributed by atoms with E-state index in [0.29, 0.717) is 12.3 Å². The molecule has 1 aromatic carbocycles. The first-order valence-electron chi connectivity index (χ1n) is 7.01. The van der Waals surface area contributed by atoms with Gasteiger partial charge in [0.25, 0.3) is 0 Å². The van der Waals surface area contributed by atoms with Crippen LogP contribution in [0.3, 0.4) is 0 Å². The van der Waals surface area contributed by atoms with Gasteiger partial charge in [0, 0.05) is 18.9 Å². The normalized spacial score (nSPS) is 19.7. The van der Waals surface area contributed by atoms with Gasteiger partial charge >= 0.3 is 0 Å². The largest absolute Gasteiger partial charge is 0.454 e. The smallest absolute Gasteiger partial charge is 0.234 e. The summed E-state index contributed by atoms with van der Waals surface area (Å²) in [6.45, 7) is 0.826. The Morgan fingerprint density at radius 3 is 2.86 bits per heavy atom. The van der Waals surface area contributed by atoms with Crippen molar-refractivity contribution in [2.75, 3.05) is 12.5 Å². The molecule has 3 heterocycles. The first kappa shape index (κ1) is 13.5. The quantitative estimate of drug-likeness (QED) is 0.871. The van der Waals surface area contributed by atoms with Crippen LogP contribution in [0, 0.1) is 0 Å². The van der Waals surface area contributed by atoms with E-state index in [4.69, 9.17) is 9.47 Å². The van der Waals surface area contributed by atoms with Crippen molar-refractivity contribution in [3.8, 4) is 11.5 Å². The topological polar surface area (TPSA) is 51.7 Å². The van der Waals surface area contributed by atoms with Gasteiger partial charge in [-0.25, -0.2) is 0 Å². The lowest BCUT2D eigenvalue weighted by molar-refractivity contribution is -0.128. The van der Waals surface area contributed by atoms with Crippen molar-refractivity contribution in [3.63, 3.8) is 0 Å². The molecule has 5 nitrogen and oxygen atoms in total. The fourth-order valence-electron chi connectivity index (χ4n) is 2.67. The van der Waals surface area contributed by atoms with Gasteiger partial charge in [-0.1, -0.05) is 6.07 Å². The molecule has 22 heavy (non-hydrogen) atoms. The summed E-state index contributed by atoms with van der Waals surface area (Å²) in [5.74, 6) is 2.18. The van der Waals surface area contributed by atoms with E-state index in [1.165, 1.54) is 0 Å². The van der Waals surface area contributed by atoms with E-state index in [9.17, 15) is 4.79 Å². The van der Waals surface area contributed by atoms with Gasteiger partial charge in [0.2, 0.25) is 12.7 Å². The van der Waals surface area contributed by atoms with E-state index in [0.717, 1.165) is 22.6 Å². The molecule has 1 atom stereocenters. The Labute approximate surface area is 132 Å². The number of hydrogen-bond donors (Lipinski definition) is 0. The van der Waals surface area contributed by atoms with Crippen LogP contribution < -0.4 is 9.47 Å². The van der Waals surface area contributed by atoms with Crippen molar-refractivity contribution < 1.29 is 14.3 Å². The molecule has 2 aliphatic heterocycles. The first-order valence-corrected chi connectivity index (χ1v) is 8.06. The number of nitrogens with zero attached hydrogens (tertiary/aromatic N) is 2. The second-order valence-corrected chi connectivity index (χ2v) is 6.22. The molecule has 1 unspecified atom stereocenters. The number of carbonyl (C=O) groups excluding carboxylic acids is 1. The molecule has 0 radical (unpaired) electrons. The predicted octanol–water partition coefficient (Wildman–Crippen LogP) is 2.58. The van der Waals surface area contributed by atoms with Gasteiger partial charge in [-0.05, 0) is 35.4 Å². The number of rotatable bonds is 3. The molecule has 1 amide bonds. The van der Waals surface area contributed by atoms with Crippen molar-refractivity contribution >= 4 is 17.7 Å². The van der Waals surface area contributed by atoms with Crippen LogP contribution in [-0.4, -0.2) is 28.3 Å². The highest BCUT2D eigenvalue weighted by Crippen LogP contribution is 2.40. The molecule has 0 spiro atoms. The molecule has 0 aliphatic carbocycles. The number of carbonyl (C=O) groups is 1. The summed E-state index contributed by atoms with van der Waals surface area (Å²) in [5.41, 5.74) is 2.14. The summed E-state index contributed by atoms with van der Waals surface area (Å²) in [5, 5.41) is 0.0425. The minimum atomic E-state index is 0.0425. The zero-order valence-corrected chi connectivity index (χ0v) is 12.6. The maximum atomic E-state index is 12.2. The lowest BCUT2D eigenvalue weighted by atomic mass is 10.1. The lowest BCUT2D eigenvalue weighted by Crippen LogP contribution is -2.27. The molecule has 1 fully saturated rings. The van der Waals surface area contributed by atoms with E-state index >= 15 is 0 Å². The number of thioether (sulfide) groups is 1. The zero-order chi connectivity index (χ0) is 14.9. The summed E-state index contributed by atoms with van der Waals surface area (Å²) in [6, 6.07) is 9.74. The minimum absolute atomic E-state index is 0.0425. The van der Waals surface area contributed by atoms with Crippen molar-refractivity contribution in [3.05, 3.63) is 53.9 Å². The molecule has 0 bridgehead atoms. The Morgan fingerprint density at radius 1 is 1.18 bits per heavy atom. The molecule has 112 valence electrons. The number of amides is 1. The highest BCUT2D eigenvalue weighted by Gasteiger charge is 2.32. The Bertz CT molecular complexity index is 708. The van der Waals surface area contributed by atoms with E-state index < -0.39 is 0 Å². The second-order valence-electron chi connectivity index (χ2n) is 5.15. The second kappa shape index (κ2) is 5.53. The number of pyridine rings is 1. The molecule has 4 rings (SSSR count). The van der Waals surface area contributed by atoms with Crippen LogP contribution >= 0.6 is 11.8 Å². The molecular formula is C16H14N2O3S. The van der Waals surface area contributed by atoms with E-state index in [2.05, 4.69) is 4.98 Å². The van der Waals surface area contributed by atoms with E-state index in [-0.39, 0.29) is 18.1 Å². The summed E-state index contributed by atoms with van der Waals surface area (Å²) >= 11 is 1.65. The SMILES string of the molecule is O=C1CSC(c2ccncc2)N1Cc1ccc2c(c1)OCO2. The fourth-order valence-corrected chi connectivity index (χ4v) is 3.85. The molecule has 1 saturated heterocycles. The molecule has 1 aromatic heterocycles. The number of hydrogen-bond acceptors (Lipinski definition) is 5. The van der Waals surface area contributed by atoms with Gasteiger partial charge in [-0.2, -0.15) is 0 Å². The highest BCUT2D eigenvalue weighted by molar-refractivity contribution is 8.00. The summed E-state index contributed by atoms with van der Waals surface area (Å²) in [7, 11) is 0. The summed E-state index contributed by atoms with van der Waals surface area (Å²) in [4.78, 5) is 18.2. The maximum absolute atomic E-state index is 12.2. The third kappa shape index (κ3) is 2.39. The monoisotopic (exact) mass is 314 g/mol. The van der Waals surface area contributed by atoms with Gasteiger partial charge < -0.3 is 14.4 Å². The van der Waals surface area contributed by atoms with E-state index in [1.54, 1.807) is 24.2 Å². The van der Waals surface area contributed by atoms with Crippen LogP contribution in [0.5, 0.6) is 11.5 Å². The zero-order valence-electron chi connectivity index (χ0n) is 11.8. The van der Waals surface area contributed by atoms with Gasteiger partial charge in [0.15, 0.2) is 11.5 Å². The standard InChI is InChI=1S/C16H14N2O3S/c19-15-9-22-16(12-3-5-17-6-4-12)18(15)8-11-1-2-13-14(7-11)21-10-20-13/h1-7,16H,8-10H2. The minimum Gasteiger partial charge on any atom is -0.454 e. The van der Waals surface area contributed by atoms with Crippen LogP contribution in [0.2, 0.25) is 0 Å². The van der Waals surface area contributed by atoms with Gasteiger partial charge in [0.1, 0.15) is 5.37 Å². The molecule has 0 saturated carbocycles. The van der Waals surface area contributed by atoms with Crippen molar-refractivity contribution in [2.24, 2.45) is 0 Å². The van der Waals surface area contributed by atoms with Gasteiger partial charge in [-0.15, -0.1) is 11.8 Å². The average Bonchev–Trinajstić information content (AvgIpc) is 3.15. The number of benzene rings is 1. The van der Waals surface area contributed by atoms with Crippen molar-refractivity contribution in [2.45, 2.75) is 11.9 Å². The third-order valence-corrected chi connectivity index (χ3v) is 5.01. The van der Waals surface area contributed by atoms with Crippen molar-refractivity contribution in [1.29, 1.82) is 0 Å². The maximum Gasteiger partial charge on any atom is 0.234 e. The third-order valence-electron chi connectivity index (χ3n) is 3.75. The summed E-state index contributed by atoms with van der Waals surface area (Å²) in [6.07, 6.45) is 3.52. The van der Waals surface area contributed by atoms with Gasteiger partial charge in [-0.3, -0.25) is 9.78 Å². The van der Waals surface area contributed by atoms with Crippen LogP contribution in [0.1, 0.15) is 16.5 Å².